The van der Waals surface area contributed by atoms with E-state index in [0.29, 0.717) is 30.4 Å². The molecule has 2 atom stereocenters. The van der Waals surface area contributed by atoms with Gasteiger partial charge in [0.25, 0.3) is 0 Å². The van der Waals surface area contributed by atoms with Crippen LogP contribution in [0, 0.1) is 6.92 Å². The Bertz CT molecular complexity index is 1500. The van der Waals surface area contributed by atoms with E-state index in [1.165, 1.54) is 18.3 Å². The first kappa shape index (κ1) is 28.1. The average Bonchev–Trinajstić information content (AvgIpc) is 3.30. The largest absolute Gasteiger partial charge is 0.475 e. The zero-order valence-corrected chi connectivity index (χ0v) is 23.3. The van der Waals surface area contributed by atoms with Crippen LogP contribution < -0.4 is 19.9 Å². The summed E-state index contributed by atoms with van der Waals surface area (Å²) < 4.78 is 57.3. The maximum absolute atomic E-state index is 13.8. The van der Waals surface area contributed by atoms with Crippen molar-refractivity contribution in [3.8, 4) is 17.3 Å². The summed E-state index contributed by atoms with van der Waals surface area (Å²) in [6, 6.07) is 5.70. The van der Waals surface area contributed by atoms with Gasteiger partial charge in [-0.2, -0.15) is 18.2 Å². The van der Waals surface area contributed by atoms with Crippen molar-refractivity contribution in [1.29, 1.82) is 0 Å². The Balaban J connectivity index is 1.27. The first-order valence-electron chi connectivity index (χ1n) is 13.7. The second kappa shape index (κ2) is 10.7. The summed E-state index contributed by atoms with van der Waals surface area (Å²) in [6.07, 6.45) is -1.72. The van der Waals surface area contributed by atoms with Crippen molar-refractivity contribution in [2.75, 3.05) is 41.4 Å². The lowest BCUT2D eigenvalue weighted by molar-refractivity contribution is -0.141. The fraction of sp³-hybridized carbons (Fsp3) is 0.464. The molecule has 14 heteroatoms. The Morgan fingerprint density at radius 1 is 1.21 bits per heavy atom. The lowest BCUT2D eigenvalue weighted by Crippen LogP contribution is -2.56. The number of urea groups is 1. The number of benzene rings is 1. The molecule has 222 valence electrons. The van der Waals surface area contributed by atoms with E-state index >= 15 is 0 Å². The number of amides is 2. The second-order valence-electron chi connectivity index (χ2n) is 10.9. The van der Waals surface area contributed by atoms with E-state index in [0.717, 1.165) is 31.5 Å². The predicted molar refractivity (Wildman–Crippen MR) is 146 cm³/mol. The highest BCUT2D eigenvalue weighted by Crippen LogP contribution is 2.41. The fourth-order valence-corrected chi connectivity index (χ4v) is 5.52. The van der Waals surface area contributed by atoms with Gasteiger partial charge in [0.15, 0.2) is 17.4 Å². The molecule has 11 nitrogen and oxygen atoms in total. The number of hydrogen-bond donors (Lipinski definition) is 1. The number of anilines is 3. The van der Waals surface area contributed by atoms with Crippen molar-refractivity contribution in [2.45, 2.75) is 57.7 Å². The number of carbonyl (C=O) groups excluding carboxylic acids is 1. The van der Waals surface area contributed by atoms with Crippen molar-refractivity contribution in [1.82, 2.24) is 19.9 Å². The molecule has 42 heavy (non-hydrogen) atoms. The number of rotatable bonds is 5. The minimum atomic E-state index is -4.51. The predicted octanol–water partition coefficient (Wildman–Crippen LogP) is 4.81. The number of carbonyl (C=O) groups is 1. The van der Waals surface area contributed by atoms with E-state index < -0.39 is 23.6 Å². The van der Waals surface area contributed by atoms with Crippen LogP contribution in [0.3, 0.4) is 0 Å². The minimum absolute atomic E-state index is 0.0325. The average molecular weight is 586 g/mol. The van der Waals surface area contributed by atoms with Gasteiger partial charge < -0.3 is 19.1 Å². The molecule has 0 spiro atoms. The van der Waals surface area contributed by atoms with Crippen molar-refractivity contribution in [3.05, 3.63) is 47.8 Å². The van der Waals surface area contributed by atoms with Gasteiger partial charge in [0.1, 0.15) is 18.4 Å². The van der Waals surface area contributed by atoms with Crippen molar-refractivity contribution >= 4 is 23.5 Å². The number of alkyl halides is 3. The third-order valence-corrected chi connectivity index (χ3v) is 7.35. The molecule has 3 aliphatic rings. The standard InChI is InChI=1S/C28H30F3N7O4/c1-16-22-24(35-23(33-16)17-6-4-7-18(12-17)28(29,30)31)38(19-8-5-11-37(22)13-19)26(39)36-25-32-10-9-21(34-25)40-14-20-15-41-27(2,3)42-20/h4,6-7,9-10,12,19-20H,5,8,11,13-15H2,1-3H3,(H,32,34,36,39)/t19?,20-/m1/s1. The van der Waals surface area contributed by atoms with E-state index in [1.807, 2.05) is 13.8 Å². The van der Waals surface area contributed by atoms with E-state index in [-0.39, 0.29) is 42.0 Å². The third kappa shape index (κ3) is 5.68. The third-order valence-electron chi connectivity index (χ3n) is 7.35. The van der Waals surface area contributed by atoms with Gasteiger partial charge in [-0.1, -0.05) is 12.1 Å². The molecule has 0 saturated carbocycles. The Morgan fingerprint density at radius 2 is 2.05 bits per heavy atom. The summed E-state index contributed by atoms with van der Waals surface area (Å²) in [4.78, 5) is 35.1. The number of ether oxygens (including phenoxy) is 3. The van der Waals surface area contributed by atoms with Crippen LogP contribution in [0.2, 0.25) is 0 Å². The maximum Gasteiger partial charge on any atom is 0.416 e. The van der Waals surface area contributed by atoms with Crippen LogP contribution in [0.4, 0.5) is 35.4 Å². The van der Waals surface area contributed by atoms with Gasteiger partial charge in [-0.05, 0) is 45.7 Å². The molecule has 1 N–H and O–H groups in total. The highest BCUT2D eigenvalue weighted by atomic mass is 19.4. The molecule has 3 aliphatic heterocycles. The number of nitrogens with zero attached hydrogens (tertiary/aromatic N) is 6. The Kier molecular flexibility index (Phi) is 7.13. The highest BCUT2D eigenvalue weighted by molar-refractivity contribution is 6.04. The highest BCUT2D eigenvalue weighted by Gasteiger charge is 2.40. The number of nitrogens with one attached hydrogen (secondary N) is 1. The van der Waals surface area contributed by atoms with Crippen LogP contribution in [-0.4, -0.2) is 70.2 Å². The molecule has 2 amide bonds. The zero-order valence-electron chi connectivity index (χ0n) is 23.3. The Labute approximate surface area is 240 Å². The van der Waals surface area contributed by atoms with E-state index in [2.05, 4.69) is 30.2 Å². The summed E-state index contributed by atoms with van der Waals surface area (Å²) in [5, 5.41) is 2.75. The van der Waals surface area contributed by atoms with Gasteiger partial charge in [0, 0.05) is 30.9 Å². The van der Waals surface area contributed by atoms with Crippen molar-refractivity contribution < 1.29 is 32.2 Å². The number of fused-ring (bicyclic) bond motifs is 4. The number of hydrogen-bond acceptors (Lipinski definition) is 9. The van der Waals surface area contributed by atoms with Crippen LogP contribution in [0.25, 0.3) is 11.4 Å². The molecule has 2 aromatic heterocycles. The van der Waals surface area contributed by atoms with Crippen LogP contribution in [0.5, 0.6) is 5.88 Å². The lowest BCUT2D eigenvalue weighted by Gasteiger charge is -2.46. The summed E-state index contributed by atoms with van der Waals surface area (Å²) in [7, 11) is 0. The molecule has 2 fully saturated rings. The topological polar surface area (TPSA) is 115 Å². The number of aromatic nitrogens is 4. The number of piperidine rings is 1. The summed E-state index contributed by atoms with van der Waals surface area (Å²) in [5.74, 6) is 0.0360. The first-order chi connectivity index (χ1) is 20.0. The van der Waals surface area contributed by atoms with Crippen LogP contribution in [-0.2, 0) is 15.7 Å². The maximum atomic E-state index is 13.8. The van der Waals surface area contributed by atoms with Gasteiger partial charge in [0.05, 0.1) is 23.9 Å². The molecule has 5 heterocycles. The van der Waals surface area contributed by atoms with Gasteiger partial charge in [-0.25, -0.2) is 19.7 Å². The number of aryl methyl sites for hydroxylation is 1. The number of halogens is 3. The lowest BCUT2D eigenvalue weighted by atomic mass is 9.99. The van der Waals surface area contributed by atoms with Gasteiger partial charge in [0.2, 0.25) is 11.8 Å². The molecular formula is C28H30F3N7O4. The van der Waals surface area contributed by atoms with Crippen LogP contribution in [0.15, 0.2) is 36.5 Å². The van der Waals surface area contributed by atoms with Gasteiger partial charge >= 0.3 is 12.2 Å². The molecule has 2 saturated heterocycles. The summed E-state index contributed by atoms with van der Waals surface area (Å²) in [5.41, 5.74) is 0.647. The van der Waals surface area contributed by atoms with Crippen LogP contribution >= 0.6 is 0 Å². The Morgan fingerprint density at radius 3 is 2.81 bits per heavy atom. The normalized spacial score (nSPS) is 21.2. The molecule has 0 aliphatic carbocycles. The molecule has 3 aromatic rings. The molecule has 6 rings (SSSR count). The van der Waals surface area contributed by atoms with E-state index in [4.69, 9.17) is 14.2 Å². The van der Waals surface area contributed by atoms with Gasteiger partial charge in [-0.3, -0.25) is 10.2 Å². The van der Waals surface area contributed by atoms with Crippen LogP contribution in [0.1, 0.15) is 37.9 Å². The molecule has 1 unspecified atom stereocenters. The molecule has 1 aromatic carbocycles. The summed E-state index contributed by atoms with van der Waals surface area (Å²) in [6.45, 7) is 7.36. The van der Waals surface area contributed by atoms with Crippen molar-refractivity contribution in [2.24, 2.45) is 0 Å². The smallest absolute Gasteiger partial charge is 0.416 e. The monoisotopic (exact) mass is 585 g/mol. The van der Waals surface area contributed by atoms with E-state index in [1.54, 1.807) is 17.9 Å². The van der Waals surface area contributed by atoms with Gasteiger partial charge in [-0.15, -0.1) is 0 Å². The summed E-state index contributed by atoms with van der Waals surface area (Å²) >= 11 is 0. The Hall–Kier alpha value is -4.04. The molecule has 0 radical (unpaired) electrons. The van der Waals surface area contributed by atoms with Crippen molar-refractivity contribution in [3.63, 3.8) is 0 Å². The SMILES string of the molecule is Cc1nc(-c2cccc(C(F)(F)F)c2)nc2c1N1CCCC(C1)N2C(=O)Nc1nccc(OC[C@@H]2COC(C)(C)O2)n1. The first-order valence-corrected chi connectivity index (χ1v) is 13.7. The minimum Gasteiger partial charge on any atom is -0.475 e. The second-order valence-corrected chi connectivity index (χ2v) is 10.9. The fourth-order valence-electron chi connectivity index (χ4n) is 5.52. The molecular weight excluding hydrogens is 555 g/mol. The van der Waals surface area contributed by atoms with E-state index in [9.17, 15) is 18.0 Å². The zero-order chi connectivity index (χ0) is 29.6. The quantitative estimate of drug-likeness (QED) is 0.450. The molecule has 2 bridgehead atoms.